The number of aromatic nitrogens is 2. The minimum absolute atomic E-state index is 0.348. The van der Waals surface area contributed by atoms with E-state index in [-0.39, 0.29) is 0 Å². The molecule has 1 fully saturated rings. The molecule has 2 rings (SSSR count). The van der Waals surface area contributed by atoms with E-state index in [2.05, 4.69) is 35.6 Å². The summed E-state index contributed by atoms with van der Waals surface area (Å²) in [5, 5.41) is 0.593. The molecule has 1 aromatic rings. The molecule has 1 aliphatic heterocycles. The molecule has 1 atom stereocenters. The fourth-order valence-corrected chi connectivity index (χ4v) is 3.49. The van der Waals surface area contributed by atoms with Gasteiger partial charge in [-0.3, -0.25) is 0 Å². The van der Waals surface area contributed by atoms with E-state index in [1.165, 1.54) is 0 Å². The van der Waals surface area contributed by atoms with E-state index >= 15 is 0 Å². The van der Waals surface area contributed by atoms with Crippen LogP contribution in [0.25, 0.3) is 0 Å². The summed E-state index contributed by atoms with van der Waals surface area (Å²) < 4.78 is 0. The van der Waals surface area contributed by atoms with Crippen molar-refractivity contribution in [1.29, 1.82) is 0 Å². The Morgan fingerprint density at radius 1 is 1.47 bits per heavy atom. The summed E-state index contributed by atoms with van der Waals surface area (Å²) in [6.45, 7) is 7.56. The molecule has 2 heterocycles. The fourth-order valence-electron chi connectivity index (χ4n) is 2.13. The molecule has 94 valence electrons. The third-order valence-electron chi connectivity index (χ3n) is 3.03. The summed E-state index contributed by atoms with van der Waals surface area (Å²) in [5.74, 6) is 3.68. The Labute approximate surface area is 112 Å². The minimum Gasteiger partial charge on any atom is -0.352 e. The van der Waals surface area contributed by atoms with Crippen LogP contribution in [0, 0.1) is 0 Å². The van der Waals surface area contributed by atoms with Gasteiger partial charge in [-0.1, -0.05) is 25.4 Å². The Balaban J connectivity index is 2.40. The molecule has 0 saturated carbocycles. The maximum atomic E-state index is 6.21. The molecule has 0 N–H and O–H groups in total. The van der Waals surface area contributed by atoms with Gasteiger partial charge in [0.1, 0.15) is 17.3 Å². The molecule has 1 unspecified atom stereocenters. The summed E-state index contributed by atoms with van der Waals surface area (Å²) >= 11 is 8.21. The van der Waals surface area contributed by atoms with Crippen LogP contribution in [-0.4, -0.2) is 34.1 Å². The Kier molecular flexibility index (Phi) is 4.15. The van der Waals surface area contributed by atoms with E-state index in [0.717, 1.165) is 29.4 Å². The van der Waals surface area contributed by atoms with E-state index in [0.29, 0.717) is 17.1 Å². The molecule has 0 aromatic carbocycles. The Bertz CT molecular complexity index is 397. The molecule has 0 aliphatic carbocycles. The zero-order valence-electron chi connectivity index (χ0n) is 10.5. The number of hydrogen-bond donors (Lipinski definition) is 0. The molecule has 0 amide bonds. The van der Waals surface area contributed by atoms with Crippen LogP contribution in [0.3, 0.4) is 0 Å². The first-order chi connectivity index (χ1) is 8.11. The van der Waals surface area contributed by atoms with Crippen molar-refractivity contribution in [3.8, 4) is 0 Å². The van der Waals surface area contributed by atoms with Crippen molar-refractivity contribution in [2.24, 2.45) is 0 Å². The van der Waals surface area contributed by atoms with Gasteiger partial charge in [0.05, 0.1) is 0 Å². The predicted octanol–water partition coefficient (Wildman–Crippen LogP) is 3.20. The molecule has 17 heavy (non-hydrogen) atoms. The summed E-state index contributed by atoms with van der Waals surface area (Å²) in [6, 6.07) is 0.511. The lowest BCUT2D eigenvalue weighted by atomic mass is 10.1. The van der Waals surface area contributed by atoms with Gasteiger partial charge >= 0.3 is 0 Å². The van der Waals surface area contributed by atoms with Crippen molar-refractivity contribution in [3.05, 3.63) is 17.0 Å². The SMILES string of the molecule is CC(C)c1c(Cl)ncnc1N1CCSCC1C. The molecular formula is C12H18ClN3S. The van der Waals surface area contributed by atoms with Gasteiger partial charge in [-0.25, -0.2) is 9.97 Å². The zero-order chi connectivity index (χ0) is 12.4. The molecule has 0 spiro atoms. The number of hydrogen-bond acceptors (Lipinski definition) is 4. The highest BCUT2D eigenvalue weighted by Gasteiger charge is 2.24. The quantitative estimate of drug-likeness (QED) is 0.773. The molecule has 1 aliphatic rings. The fraction of sp³-hybridized carbons (Fsp3) is 0.667. The Morgan fingerprint density at radius 3 is 2.88 bits per heavy atom. The summed E-state index contributed by atoms with van der Waals surface area (Å²) in [7, 11) is 0. The van der Waals surface area contributed by atoms with Crippen LogP contribution in [0.2, 0.25) is 5.15 Å². The lowest BCUT2D eigenvalue weighted by molar-refractivity contribution is 0.676. The van der Waals surface area contributed by atoms with Gasteiger partial charge in [-0.2, -0.15) is 11.8 Å². The smallest absolute Gasteiger partial charge is 0.138 e. The van der Waals surface area contributed by atoms with E-state index in [9.17, 15) is 0 Å². The van der Waals surface area contributed by atoms with Crippen molar-refractivity contribution in [2.45, 2.75) is 32.7 Å². The van der Waals surface area contributed by atoms with Gasteiger partial charge in [0.25, 0.3) is 0 Å². The van der Waals surface area contributed by atoms with Crippen LogP contribution < -0.4 is 4.90 Å². The average Bonchev–Trinajstić information content (AvgIpc) is 2.28. The minimum atomic E-state index is 0.348. The number of rotatable bonds is 2. The molecule has 0 radical (unpaired) electrons. The summed E-state index contributed by atoms with van der Waals surface area (Å²) in [4.78, 5) is 10.9. The van der Waals surface area contributed by atoms with Crippen LogP contribution in [0.1, 0.15) is 32.3 Å². The molecular weight excluding hydrogens is 254 g/mol. The van der Waals surface area contributed by atoms with Crippen LogP contribution >= 0.6 is 23.4 Å². The van der Waals surface area contributed by atoms with Gasteiger partial charge in [0.15, 0.2) is 0 Å². The van der Waals surface area contributed by atoms with Crippen LogP contribution in [0.4, 0.5) is 5.82 Å². The van der Waals surface area contributed by atoms with Crippen LogP contribution in [-0.2, 0) is 0 Å². The third-order valence-corrected chi connectivity index (χ3v) is 4.52. The second-order valence-corrected chi connectivity index (χ2v) is 6.18. The van der Waals surface area contributed by atoms with Crippen molar-refractivity contribution in [1.82, 2.24) is 9.97 Å². The maximum Gasteiger partial charge on any atom is 0.138 e. The first kappa shape index (κ1) is 13.0. The van der Waals surface area contributed by atoms with Gasteiger partial charge in [-0.05, 0) is 12.8 Å². The molecule has 1 aromatic heterocycles. The van der Waals surface area contributed by atoms with E-state index in [4.69, 9.17) is 11.6 Å². The highest BCUT2D eigenvalue weighted by Crippen LogP contribution is 2.33. The topological polar surface area (TPSA) is 29.0 Å². The summed E-state index contributed by atoms with van der Waals surface area (Å²) in [6.07, 6.45) is 1.57. The highest BCUT2D eigenvalue weighted by molar-refractivity contribution is 7.99. The monoisotopic (exact) mass is 271 g/mol. The Morgan fingerprint density at radius 2 is 2.24 bits per heavy atom. The van der Waals surface area contributed by atoms with Gasteiger partial charge in [-0.15, -0.1) is 0 Å². The van der Waals surface area contributed by atoms with Crippen molar-refractivity contribution in [2.75, 3.05) is 23.0 Å². The van der Waals surface area contributed by atoms with Gasteiger partial charge in [0, 0.05) is 29.7 Å². The van der Waals surface area contributed by atoms with Crippen LogP contribution in [0.5, 0.6) is 0 Å². The van der Waals surface area contributed by atoms with Gasteiger partial charge in [0.2, 0.25) is 0 Å². The van der Waals surface area contributed by atoms with Gasteiger partial charge < -0.3 is 4.90 Å². The number of anilines is 1. The van der Waals surface area contributed by atoms with Crippen molar-refractivity contribution < 1.29 is 0 Å². The lowest BCUT2D eigenvalue weighted by Gasteiger charge is -2.35. The predicted molar refractivity (Wildman–Crippen MR) is 75.3 cm³/mol. The molecule has 3 nitrogen and oxygen atoms in total. The van der Waals surface area contributed by atoms with Crippen LogP contribution in [0.15, 0.2) is 6.33 Å². The van der Waals surface area contributed by atoms with E-state index < -0.39 is 0 Å². The maximum absolute atomic E-state index is 6.21. The number of halogens is 1. The van der Waals surface area contributed by atoms with E-state index in [1.54, 1.807) is 6.33 Å². The summed E-state index contributed by atoms with van der Waals surface area (Å²) in [5.41, 5.74) is 1.08. The molecule has 0 bridgehead atoms. The normalized spacial score (nSPS) is 21.0. The third kappa shape index (κ3) is 2.68. The first-order valence-electron chi connectivity index (χ1n) is 5.96. The van der Waals surface area contributed by atoms with Crippen molar-refractivity contribution >= 4 is 29.2 Å². The standard InChI is InChI=1S/C12H18ClN3S/c1-8(2)10-11(13)14-7-15-12(10)16-4-5-17-6-9(16)3/h7-9H,4-6H2,1-3H3. The zero-order valence-corrected chi connectivity index (χ0v) is 12.1. The lowest BCUT2D eigenvalue weighted by Crippen LogP contribution is -2.41. The number of thioether (sulfide) groups is 1. The second kappa shape index (κ2) is 5.44. The molecule has 1 saturated heterocycles. The Hall–Kier alpha value is -0.480. The average molecular weight is 272 g/mol. The van der Waals surface area contributed by atoms with E-state index in [1.807, 2.05) is 11.8 Å². The second-order valence-electron chi connectivity index (χ2n) is 4.67. The molecule has 5 heteroatoms. The number of nitrogens with zero attached hydrogens (tertiary/aromatic N) is 3. The van der Waals surface area contributed by atoms with Crippen molar-refractivity contribution in [3.63, 3.8) is 0 Å². The largest absolute Gasteiger partial charge is 0.352 e. The highest BCUT2D eigenvalue weighted by atomic mass is 35.5. The first-order valence-corrected chi connectivity index (χ1v) is 7.49.